The van der Waals surface area contributed by atoms with E-state index in [2.05, 4.69) is 25.9 Å². The number of carbonyl (C=O) groups is 3. The molecule has 3 atom stereocenters. The number of nitrogens with zero attached hydrogens (tertiary/aromatic N) is 3. The number of hydrogen-bond acceptors (Lipinski definition) is 7. The van der Waals surface area contributed by atoms with Crippen LogP contribution in [0.1, 0.15) is 31.9 Å². The quantitative estimate of drug-likeness (QED) is 0.584. The van der Waals surface area contributed by atoms with E-state index in [4.69, 9.17) is 4.74 Å². The first-order valence-electron chi connectivity index (χ1n) is 10.9. The van der Waals surface area contributed by atoms with Gasteiger partial charge >= 0.3 is 6.09 Å². The Bertz CT molecular complexity index is 1030. The van der Waals surface area contributed by atoms with E-state index in [1.54, 1.807) is 38.5 Å². The van der Waals surface area contributed by atoms with Gasteiger partial charge in [-0.15, -0.1) is 0 Å². The Morgan fingerprint density at radius 1 is 1.18 bits per heavy atom. The fourth-order valence-corrected chi connectivity index (χ4v) is 3.49. The summed E-state index contributed by atoms with van der Waals surface area (Å²) in [6.07, 6.45) is 3.40. The second-order valence-electron chi connectivity index (χ2n) is 8.31. The van der Waals surface area contributed by atoms with Crippen molar-refractivity contribution in [1.29, 1.82) is 0 Å². The topological polar surface area (TPSA) is 126 Å². The van der Waals surface area contributed by atoms with Crippen LogP contribution in [-0.4, -0.2) is 53.2 Å². The van der Waals surface area contributed by atoms with Gasteiger partial charge in [0.2, 0.25) is 5.91 Å². The minimum absolute atomic E-state index is 0.203. The van der Waals surface area contributed by atoms with Crippen molar-refractivity contribution < 1.29 is 19.1 Å². The lowest BCUT2D eigenvalue weighted by Gasteiger charge is -2.31. The Hall–Kier alpha value is -3.53. The van der Waals surface area contributed by atoms with E-state index < -0.39 is 30.3 Å². The molecule has 1 aliphatic heterocycles. The van der Waals surface area contributed by atoms with Gasteiger partial charge in [0, 0.05) is 24.4 Å². The van der Waals surface area contributed by atoms with Gasteiger partial charge < -0.3 is 15.4 Å². The maximum absolute atomic E-state index is 13.6. The van der Waals surface area contributed by atoms with E-state index in [0.29, 0.717) is 17.9 Å². The highest BCUT2D eigenvalue weighted by atomic mass is 16.6. The maximum atomic E-state index is 13.6. The summed E-state index contributed by atoms with van der Waals surface area (Å²) in [5.74, 6) is -0.480. The molecule has 10 heteroatoms. The van der Waals surface area contributed by atoms with Crippen molar-refractivity contribution >= 4 is 29.4 Å². The second kappa shape index (κ2) is 10.4. The summed E-state index contributed by atoms with van der Waals surface area (Å²) < 4.78 is 5.65. The smallest absolute Gasteiger partial charge is 0.413 e. The van der Waals surface area contributed by atoms with E-state index in [0.717, 1.165) is 11.1 Å². The minimum Gasteiger partial charge on any atom is -0.424 e. The first kappa shape index (κ1) is 24.1. The number of carbonyl (C=O) groups excluding carboxylic acids is 3. The molecule has 1 aliphatic rings. The molecular formula is C23H30N6O4. The average molecular weight is 455 g/mol. The molecule has 33 heavy (non-hydrogen) atoms. The zero-order valence-corrected chi connectivity index (χ0v) is 19.5. The summed E-state index contributed by atoms with van der Waals surface area (Å²) in [4.78, 5) is 48.5. The largest absolute Gasteiger partial charge is 0.424 e. The summed E-state index contributed by atoms with van der Waals surface area (Å²) in [5.41, 5.74) is 2.12. The second-order valence-corrected chi connectivity index (χ2v) is 8.31. The van der Waals surface area contributed by atoms with Crippen LogP contribution in [0.25, 0.3) is 0 Å². The minimum atomic E-state index is -0.903. The zero-order chi connectivity index (χ0) is 24.1. The van der Waals surface area contributed by atoms with Gasteiger partial charge in [0.25, 0.3) is 5.91 Å². The summed E-state index contributed by atoms with van der Waals surface area (Å²) in [6, 6.07) is 4.07. The highest BCUT2D eigenvalue weighted by molar-refractivity contribution is 6.01. The molecule has 0 saturated heterocycles. The summed E-state index contributed by atoms with van der Waals surface area (Å²) >= 11 is 0. The summed E-state index contributed by atoms with van der Waals surface area (Å²) in [5, 5.41) is 8.34. The van der Waals surface area contributed by atoms with E-state index in [-0.39, 0.29) is 11.8 Å². The molecule has 10 nitrogen and oxygen atoms in total. The Labute approximate surface area is 193 Å². The molecular weight excluding hydrogens is 424 g/mol. The van der Waals surface area contributed by atoms with Gasteiger partial charge in [0.15, 0.2) is 6.23 Å². The average Bonchev–Trinajstić information content (AvgIpc) is 3.15. The lowest BCUT2D eigenvalue weighted by Crippen LogP contribution is -2.56. The van der Waals surface area contributed by atoms with Gasteiger partial charge in [0.05, 0.1) is 17.9 Å². The molecule has 176 valence electrons. The van der Waals surface area contributed by atoms with Crippen LogP contribution in [0, 0.1) is 12.8 Å². The highest BCUT2D eigenvalue weighted by Crippen LogP contribution is 2.32. The lowest BCUT2D eigenvalue weighted by molar-refractivity contribution is -0.130. The number of nitrogens with one attached hydrogen (secondary N) is 3. The normalized spacial score (nSPS) is 16.7. The molecule has 2 aromatic heterocycles. The van der Waals surface area contributed by atoms with Gasteiger partial charge in [-0.05, 0) is 44.5 Å². The third-order valence-electron chi connectivity index (χ3n) is 5.59. The number of aromatic nitrogens is 2. The Morgan fingerprint density at radius 2 is 1.94 bits per heavy atom. The number of pyridine rings is 2. The van der Waals surface area contributed by atoms with Crippen molar-refractivity contribution in [2.75, 3.05) is 17.3 Å². The number of aryl methyl sites for hydroxylation is 1. The molecule has 2 aromatic rings. The van der Waals surface area contributed by atoms with Crippen LogP contribution in [0.4, 0.5) is 16.3 Å². The number of rotatable bonds is 7. The van der Waals surface area contributed by atoms with Crippen LogP contribution in [0.2, 0.25) is 0 Å². The van der Waals surface area contributed by atoms with Crippen molar-refractivity contribution in [3.8, 4) is 0 Å². The lowest BCUT2D eigenvalue weighted by atomic mass is 10.0. The molecule has 3 heterocycles. The molecule has 0 bridgehead atoms. The molecule has 0 unspecified atom stereocenters. The molecule has 0 spiro atoms. The van der Waals surface area contributed by atoms with Crippen molar-refractivity contribution in [2.24, 2.45) is 5.92 Å². The van der Waals surface area contributed by atoms with Crippen LogP contribution in [0.3, 0.4) is 0 Å². The van der Waals surface area contributed by atoms with Crippen molar-refractivity contribution in [1.82, 2.24) is 20.6 Å². The van der Waals surface area contributed by atoms with Crippen LogP contribution >= 0.6 is 0 Å². The molecule has 3 amide bonds. The highest BCUT2D eigenvalue weighted by Gasteiger charge is 2.41. The van der Waals surface area contributed by atoms with E-state index in [9.17, 15) is 14.4 Å². The predicted octanol–water partition coefficient (Wildman–Crippen LogP) is 2.00. The summed E-state index contributed by atoms with van der Waals surface area (Å²) in [6.45, 7) is 7.23. The molecule has 0 radical (unpaired) electrons. The Morgan fingerprint density at radius 3 is 2.61 bits per heavy atom. The molecule has 0 aromatic carbocycles. The van der Waals surface area contributed by atoms with Crippen molar-refractivity contribution in [3.05, 3.63) is 47.9 Å². The van der Waals surface area contributed by atoms with Gasteiger partial charge in [-0.1, -0.05) is 19.9 Å². The fourth-order valence-electron chi connectivity index (χ4n) is 3.49. The zero-order valence-electron chi connectivity index (χ0n) is 19.5. The number of hydrogen-bond donors (Lipinski definition) is 3. The van der Waals surface area contributed by atoms with Gasteiger partial charge in [-0.3, -0.25) is 24.8 Å². The van der Waals surface area contributed by atoms with E-state index >= 15 is 0 Å². The number of anilines is 2. The predicted molar refractivity (Wildman–Crippen MR) is 124 cm³/mol. The van der Waals surface area contributed by atoms with E-state index in [1.807, 2.05) is 26.8 Å². The molecule has 3 rings (SSSR count). The van der Waals surface area contributed by atoms with Crippen molar-refractivity contribution in [3.63, 3.8) is 0 Å². The van der Waals surface area contributed by atoms with Crippen LogP contribution < -0.4 is 20.9 Å². The Kier molecular flexibility index (Phi) is 7.59. The van der Waals surface area contributed by atoms with Gasteiger partial charge in [-0.25, -0.2) is 9.78 Å². The molecule has 0 saturated carbocycles. The van der Waals surface area contributed by atoms with Crippen LogP contribution in [0.5, 0.6) is 0 Å². The van der Waals surface area contributed by atoms with Gasteiger partial charge in [0.1, 0.15) is 11.9 Å². The van der Waals surface area contributed by atoms with E-state index in [1.165, 1.54) is 11.1 Å². The Balaban J connectivity index is 1.83. The SMILES string of the molecule is CN[C@@H](C)C(=O)N[C@H](C(=O)N1c2ncccc2C[C@H]1OC(=O)Nc1cnccc1C)C(C)C. The third-order valence-corrected chi connectivity index (χ3v) is 5.59. The number of amides is 3. The monoisotopic (exact) mass is 454 g/mol. The fraction of sp³-hybridized carbons (Fsp3) is 0.435. The first-order valence-corrected chi connectivity index (χ1v) is 10.9. The van der Waals surface area contributed by atoms with Crippen LogP contribution in [-0.2, 0) is 20.7 Å². The molecule has 0 aliphatic carbocycles. The maximum Gasteiger partial charge on any atom is 0.413 e. The standard InChI is InChI=1S/C23H30N6O4/c1-13(2)19(28-21(30)15(4)24-5)22(31)29-18(11-16-7-6-9-26-20(16)29)33-23(32)27-17-12-25-10-8-14(17)3/h6-10,12-13,15,18-19,24H,11H2,1-5H3,(H,27,32)(H,28,30)/t15-,18+,19-/m0/s1. The number of fused-ring (bicyclic) bond motifs is 1. The molecule has 0 fully saturated rings. The third kappa shape index (κ3) is 5.46. The summed E-state index contributed by atoms with van der Waals surface area (Å²) in [7, 11) is 1.67. The number of ether oxygens (including phenoxy) is 1. The first-order chi connectivity index (χ1) is 15.7. The van der Waals surface area contributed by atoms with Crippen LogP contribution in [0.15, 0.2) is 36.8 Å². The molecule has 3 N–H and O–H groups in total. The number of likely N-dealkylation sites (N-methyl/N-ethyl adjacent to an activating group) is 1. The van der Waals surface area contributed by atoms with Gasteiger partial charge in [-0.2, -0.15) is 0 Å². The van der Waals surface area contributed by atoms with Crippen molar-refractivity contribution in [2.45, 2.75) is 52.4 Å².